The quantitative estimate of drug-likeness (QED) is 0.526. The number of hydrogen-bond acceptors (Lipinski definition) is 3. The van der Waals surface area contributed by atoms with Crippen LogP contribution in [0.1, 0.15) is 17.5 Å². The summed E-state index contributed by atoms with van der Waals surface area (Å²) in [5.74, 6) is 0.830. The van der Waals surface area contributed by atoms with Crippen molar-refractivity contribution in [1.29, 1.82) is 0 Å². The molecule has 2 aromatic carbocycles. The van der Waals surface area contributed by atoms with Gasteiger partial charge in [-0.05, 0) is 48.9 Å². The fourth-order valence-corrected chi connectivity index (χ4v) is 3.05. The molecule has 1 heterocycles. The minimum atomic E-state index is 0.468. The molecule has 1 aromatic heterocycles. The Morgan fingerprint density at radius 1 is 1.08 bits per heavy atom. The Bertz CT molecular complexity index is 822. The molecule has 0 radical (unpaired) electrons. The first-order chi connectivity index (χ1) is 12.7. The summed E-state index contributed by atoms with van der Waals surface area (Å²) in [5.41, 5.74) is 2.08. The molecule has 0 unspecified atom stereocenters. The van der Waals surface area contributed by atoms with Gasteiger partial charge in [0.1, 0.15) is 12.4 Å². The Kier molecular flexibility index (Phi) is 6.95. The molecule has 4 nitrogen and oxygen atoms in total. The first-order valence-corrected chi connectivity index (χ1v) is 9.28. The van der Waals surface area contributed by atoms with Crippen LogP contribution in [-0.4, -0.2) is 16.1 Å². The topological polar surface area (TPSA) is 39.1 Å². The molecule has 0 bridgehead atoms. The minimum absolute atomic E-state index is 0.468. The van der Waals surface area contributed by atoms with Gasteiger partial charge in [-0.2, -0.15) is 0 Å². The van der Waals surface area contributed by atoms with E-state index < -0.39 is 0 Å². The van der Waals surface area contributed by atoms with Crippen LogP contribution in [0.5, 0.6) is 5.75 Å². The van der Waals surface area contributed by atoms with Crippen LogP contribution in [0.2, 0.25) is 10.0 Å². The van der Waals surface area contributed by atoms with Crippen LogP contribution in [0.3, 0.4) is 0 Å². The molecule has 0 aliphatic heterocycles. The number of benzene rings is 2. The van der Waals surface area contributed by atoms with E-state index in [0.717, 1.165) is 36.4 Å². The van der Waals surface area contributed by atoms with Gasteiger partial charge in [0, 0.05) is 41.1 Å². The SMILES string of the molecule is Clc1cccc(COc2ccc(Cl)cc2CNCCCn2ccnc2)c1. The summed E-state index contributed by atoms with van der Waals surface area (Å²) in [6.45, 7) is 3.02. The summed E-state index contributed by atoms with van der Waals surface area (Å²) in [5, 5.41) is 4.86. The average molecular weight is 390 g/mol. The second kappa shape index (κ2) is 9.62. The Morgan fingerprint density at radius 3 is 2.77 bits per heavy atom. The van der Waals surface area contributed by atoms with Gasteiger partial charge < -0.3 is 14.6 Å². The molecule has 3 aromatic rings. The lowest BCUT2D eigenvalue weighted by Gasteiger charge is -2.13. The zero-order valence-electron chi connectivity index (χ0n) is 14.4. The van der Waals surface area contributed by atoms with Crippen LogP contribution in [0.25, 0.3) is 0 Å². The van der Waals surface area contributed by atoms with Gasteiger partial charge in [-0.1, -0.05) is 35.3 Å². The highest BCUT2D eigenvalue weighted by molar-refractivity contribution is 6.30. The third kappa shape index (κ3) is 5.77. The largest absolute Gasteiger partial charge is 0.489 e. The van der Waals surface area contributed by atoms with Crippen LogP contribution >= 0.6 is 23.2 Å². The molecule has 136 valence electrons. The van der Waals surface area contributed by atoms with Crippen molar-refractivity contribution in [2.75, 3.05) is 6.54 Å². The predicted molar refractivity (Wildman–Crippen MR) is 106 cm³/mol. The number of aromatic nitrogens is 2. The third-order valence-corrected chi connectivity index (χ3v) is 4.42. The summed E-state index contributed by atoms with van der Waals surface area (Å²) < 4.78 is 8.05. The fourth-order valence-electron chi connectivity index (χ4n) is 2.64. The van der Waals surface area contributed by atoms with E-state index >= 15 is 0 Å². The molecule has 0 aliphatic carbocycles. The second-order valence-electron chi connectivity index (χ2n) is 6.00. The van der Waals surface area contributed by atoms with E-state index in [0.29, 0.717) is 23.2 Å². The summed E-state index contributed by atoms with van der Waals surface area (Å²) >= 11 is 12.2. The number of nitrogens with zero attached hydrogens (tertiary/aromatic N) is 2. The summed E-state index contributed by atoms with van der Waals surface area (Å²) in [6, 6.07) is 13.4. The molecule has 0 aliphatic rings. The van der Waals surface area contributed by atoms with Crippen molar-refractivity contribution in [2.24, 2.45) is 0 Å². The van der Waals surface area contributed by atoms with Gasteiger partial charge >= 0.3 is 0 Å². The molecule has 1 N–H and O–H groups in total. The summed E-state index contributed by atoms with van der Waals surface area (Å²) in [6.07, 6.45) is 6.62. The first-order valence-electron chi connectivity index (χ1n) is 8.53. The van der Waals surface area contributed by atoms with Gasteiger partial charge in [0.25, 0.3) is 0 Å². The monoisotopic (exact) mass is 389 g/mol. The lowest BCUT2D eigenvalue weighted by atomic mass is 10.2. The van der Waals surface area contributed by atoms with Crippen molar-refractivity contribution in [1.82, 2.24) is 14.9 Å². The highest BCUT2D eigenvalue weighted by Gasteiger charge is 2.06. The van der Waals surface area contributed by atoms with Gasteiger partial charge in [0.15, 0.2) is 0 Å². The lowest BCUT2D eigenvalue weighted by molar-refractivity contribution is 0.302. The highest BCUT2D eigenvalue weighted by atomic mass is 35.5. The van der Waals surface area contributed by atoms with Crippen molar-refractivity contribution in [2.45, 2.75) is 26.1 Å². The van der Waals surface area contributed by atoms with E-state index in [2.05, 4.69) is 14.9 Å². The number of aryl methyl sites for hydroxylation is 1. The molecule has 0 saturated heterocycles. The molecule has 0 saturated carbocycles. The Balaban J connectivity index is 1.51. The van der Waals surface area contributed by atoms with Crippen molar-refractivity contribution in [3.63, 3.8) is 0 Å². The number of rotatable bonds is 9. The zero-order valence-corrected chi connectivity index (χ0v) is 15.9. The Hall–Kier alpha value is -2.01. The normalized spacial score (nSPS) is 10.8. The van der Waals surface area contributed by atoms with Crippen molar-refractivity contribution < 1.29 is 4.74 Å². The van der Waals surface area contributed by atoms with Crippen LogP contribution < -0.4 is 10.1 Å². The third-order valence-electron chi connectivity index (χ3n) is 3.95. The standard InChI is InChI=1S/C20H21Cl2N3O/c21-18-4-1-3-16(11-18)14-26-20-6-5-19(22)12-17(20)13-23-7-2-9-25-10-8-24-15-25/h1,3-6,8,10-12,15,23H,2,7,9,13-14H2. The van der Waals surface area contributed by atoms with Crippen LogP contribution in [0, 0.1) is 0 Å². The van der Waals surface area contributed by atoms with Crippen molar-refractivity contribution in [3.8, 4) is 5.75 Å². The number of nitrogens with one attached hydrogen (secondary N) is 1. The van der Waals surface area contributed by atoms with E-state index in [4.69, 9.17) is 27.9 Å². The number of imidazole rings is 1. The molecular formula is C20H21Cl2N3O. The van der Waals surface area contributed by atoms with E-state index in [1.165, 1.54) is 0 Å². The molecule has 6 heteroatoms. The average Bonchev–Trinajstić information content (AvgIpc) is 3.14. The van der Waals surface area contributed by atoms with Gasteiger partial charge in [-0.25, -0.2) is 4.98 Å². The molecule has 3 rings (SSSR count). The highest BCUT2D eigenvalue weighted by Crippen LogP contribution is 2.24. The maximum Gasteiger partial charge on any atom is 0.124 e. The van der Waals surface area contributed by atoms with E-state index in [1.807, 2.05) is 55.0 Å². The Labute approximate surface area is 163 Å². The van der Waals surface area contributed by atoms with Gasteiger partial charge in [0.2, 0.25) is 0 Å². The van der Waals surface area contributed by atoms with E-state index in [9.17, 15) is 0 Å². The van der Waals surface area contributed by atoms with Crippen LogP contribution in [0.4, 0.5) is 0 Å². The molecule has 0 atom stereocenters. The maximum atomic E-state index is 6.15. The predicted octanol–water partition coefficient (Wildman–Crippen LogP) is 4.95. The number of ether oxygens (including phenoxy) is 1. The molecule has 0 fully saturated rings. The van der Waals surface area contributed by atoms with Crippen molar-refractivity contribution in [3.05, 3.63) is 82.4 Å². The molecule has 0 spiro atoms. The number of hydrogen-bond donors (Lipinski definition) is 1. The van der Waals surface area contributed by atoms with Crippen LogP contribution in [0.15, 0.2) is 61.2 Å². The summed E-state index contributed by atoms with van der Waals surface area (Å²) in [7, 11) is 0. The molecule has 0 amide bonds. The minimum Gasteiger partial charge on any atom is -0.489 e. The fraction of sp³-hybridized carbons (Fsp3) is 0.250. The Morgan fingerprint density at radius 2 is 1.96 bits per heavy atom. The van der Waals surface area contributed by atoms with E-state index in [1.54, 1.807) is 6.20 Å². The zero-order chi connectivity index (χ0) is 18.2. The first kappa shape index (κ1) is 18.8. The van der Waals surface area contributed by atoms with Crippen molar-refractivity contribution >= 4 is 23.2 Å². The molecule has 26 heavy (non-hydrogen) atoms. The molecular weight excluding hydrogens is 369 g/mol. The smallest absolute Gasteiger partial charge is 0.124 e. The summed E-state index contributed by atoms with van der Waals surface area (Å²) in [4.78, 5) is 4.04. The van der Waals surface area contributed by atoms with Gasteiger partial charge in [0.05, 0.1) is 6.33 Å². The lowest BCUT2D eigenvalue weighted by Crippen LogP contribution is -2.17. The van der Waals surface area contributed by atoms with Crippen LogP contribution in [-0.2, 0) is 19.7 Å². The second-order valence-corrected chi connectivity index (χ2v) is 6.87. The van der Waals surface area contributed by atoms with Gasteiger partial charge in [-0.3, -0.25) is 0 Å². The number of halogens is 2. The van der Waals surface area contributed by atoms with Gasteiger partial charge in [-0.15, -0.1) is 0 Å². The van der Waals surface area contributed by atoms with E-state index in [-0.39, 0.29) is 0 Å². The maximum absolute atomic E-state index is 6.15.